The molecule has 2 aromatic carbocycles. The second-order valence-electron chi connectivity index (χ2n) is 8.99. The number of ether oxygens (including phenoxy) is 1. The van der Waals surface area contributed by atoms with Crippen molar-refractivity contribution in [2.45, 2.75) is 25.1 Å². The van der Waals surface area contributed by atoms with Crippen molar-refractivity contribution in [3.8, 4) is 17.1 Å². The number of aromatic nitrogens is 3. The zero-order chi connectivity index (χ0) is 27.2. The molecule has 1 atom stereocenters. The molecule has 5 N–H and O–H groups in total. The van der Waals surface area contributed by atoms with E-state index in [1.165, 1.54) is 0 Å². The van der Waals surface area contributed by atoms with Crippen LogP contribution >= 0.6 is 11.3 Å². The lowest BCUT2D eigenvalue weighted by Crippen LogP contribution is -2.31. The molecule has 1 fully saturated rings. The molecule has 8 nitrogen and oxygen atoms in total. The zero-order valence-electron chi connectivity index (χ0n) is 20.2. The molecule has 38 heavy (non-hydrogen) atoms. The smallest absolute Gasteiger partial charge is 0.417 e. The zero-order valence-corrected chi connectivity index (χ0v) is 21.0. The van der Waals surface area contributed by atoms with Gasteiger partial charge in [-0.2, -0.15) is 23.1 Å². The Labute approximate surface area is 217 Å². The third-order valence-corrected chi connectivity index (χ3v) is 7.40. The fourth-order valence-electron chi connectivity index (χ4n) is 4.64. The van der Waals surface area contributed by atoms with Crippen LogP contribution in [0.1, 0.15) is 18.4 Å². The number of likely N-dealkylation sites (N-methyl/N-ethyl adjacent to an activating group) is 1. The van der Waals surface area contributed by atoms with E-state index in [4.69, 9.17) is 16.2 Å². The Morgan fingerprint density at radius 2 is 1.97 bits per heavy atom. The van der Waals surface area contributed by atoms with Crippen LogP contribution in [0.2, 0.25) is 0 Å². The number of alkyl halides is 3. The first kappa shape index (κ1) is 26.3. The predicted octanol–water partition coefficient (Wildman–Crippen LogP) is 4.63. The number of fused-ring (bicyclic) bond motifs is 2. The lowest BCUT2D eigenvalue weighted by Gasteiger charge is -2.20. The normalized spacial score (nSPS) is 16.6. The number of likely N-dealkylation sites (tertiary alicyclic amines) is 1. The van der Waals surface area contributed by atoms with Gasteiger partial charge in [0.2, 0.25) is 0 Å². The van der Waals surface area contributed by atoms with Crippen molar-refractivity contribution in [2.24, 2.45) is 5.73 Å². The minimum Gasteiger partial charge on any atom is -0.462 e. The van der Waals surface area contributed by atoms with Crippen molar-refractivity contribution in [3.63, 3.8) is 0 Å². The SMILES string of the molecule is CN1CCC[C@H]1COc1nc(NCCN)c2cc(C(F)(F)F)c(-c3ccc(F)c4sc(N)nc34)c(F)c2n1. The summed E-state index contributed by atoms with van der Waals surface area (Å²) in [5.41, 5.74) is 8.35. The maximum absolute atomic E-state index is 16.2. The van der Waals surface area contributed by atoms with Crippen LogP contribution in [-0.4, -0.2) is 59.2 Å². The number of benzene rings is 2. The van der Waals surface area contributed by atoms with Crippen LogP contribution in [0.4, 0.5) is 32.9 Å². The highest BCUT2D eigenvalue weighted by Crippen LogP contribution is 2.45. The molecule has 0 unspecified atom stereocenters. The average Bonchev–Trinajstić information content (AvgIpc) is 3.46. The van der Waals surface area contributed by atoms with E-state index in [-0.39, 0.29) is 63.9 Å². The van der Waals surface area contributed by atoms with E-state index >= 15 is 4.39 Å². The number of nitrogens with one attached hydrogen (secondary N) is 1. The number of halogens is 5. The third-order valence-electron chi connectivity index (χ3n) is 6.51. The van der Waals surface area contributed by atoms with Gasteiger partial charge in [0.05, 0.1) is 15.8 Å². The topological polar surface area (TPSA) is 115 Å². The van der Waals surface area contributed by atoms with Crippen LogP contribution in [0.25, 0.3) is 32.2 Å². The van der Waals surface area contributed by atoms with E-state index in [0.717, 1.165) is 48.9 Å². The van der Waals surface area contributed by atoms with Crippen LogP contribution in [0.5, 0.6) is 6.01 Å². The van der Waals surface area contributed by atoms with Gasteiger partial charge in [0.25, 0.3) is 0 Å². The van der Waals surface area contributed by atoms with E-state index in [9.17, 15) is 17.6 Å². The molecule has 2 aromatic heterocycles. The number of nitrogens with two attached hydrogens (primary N) is 2. The first-order chi connectivity index (χ1) is 18.1. The van der Waals surface area contributed by atoms with Gasteiger partial charge in [0.15, 0.2) is 10.9 Å². The van der Waals surface area contributed by atoms with Gasteiger partial charge in [-0.05, 0) is 44.6 Å². The maximum Gasteiger partial charge on any atom is 0.417 e. The first-order valence-electron chi connectivity index (χ1n) is 11.8. The predicted molar refractivity (Wildman–Crippen MR) is 136 cm³/mol. The second-order valence-corrected chi connectivity index (χ2v) is 10.0. The van der Waals surface area contributed by atoms with E-state index in [0.29, 0.717) is 0 Å². The molecule has 1 saturated heterocycles. The summed E-state index contributed by atoms with van der Waals surface area (Å²) in [5.74, 6) is -2.04. The fourth-order valence-corrected chi connectivity index (χ4v) is 5.40. The summed E-state index contributed by atoms with van der Waals surface area (Å²) in [6, 6.07) is 2.69. The van der Waals surface area contributed by atoms with Crippen molar-refractivity contribution in [3.05, 3.63) is 35.4 Å². The minimum absolute atomic E-state index is 0.0478. The third kappa shape index (κ3) is 4.78. The average molecular weight is 554 g/mol. The molecule has 14 heteroatoms. The molecule has 0 aliphatic carbocycles. The van der Waals surface area contributed by atoms with Gasteiger partial charge >= 0.3 is 12.2 Å². The maximum atomic E-state index is 16.2. The van der Waals surface area contributed by atoms with E-state index in [2.05, 4.69) is 25.2 Å². The van der Waals surface area contributed by atoms with Crippen molar-refractivity contribution >= 4 is 43.4 Å². The highest BCUT2D eigenvalue weighted by Gasteiger charge is 2.38. The Bertz CT molecular complexity index is 1510. The lowest BCUT2D eigenvalue weighted by molar-refractivity contribution is -0.137. The Morgan fingerprint density at radius 1 is 1.18 bits per heavy atom. The van der Waals surface area contributed by atoms with Gasteiger partial charge in [-0.25, -0.2) is 13.8 Å². The lowest BCUT2D eigenvalue weighted by atomic mass is 9.95. The van der Waals surface area contributed by atoms with Crippen molar-refractivity contribution < 1.29 is 26.7 Å². The number of nitrogens with zero attached hydrogens (tertiary/aromatic N) is 4. The number of rotatable bonds is 7. The molecular formula is C24H24F5N7OS. The summed E-state index contributed by atoms with van der Waals surface area (Å²) in [4.78, 5) is 14.5. The van der Waals surface area contributed by atoms with Crippen LogP contribution in [-0.2, 0) is 6.18 Å². The molecule has 202 valence electrons. The first-order valence-corrected chi connectivity index (χ1v) is 12.6. The van der Waals surface area contributed by atoms with Crippen LogP contribution in [0.15, 0.2) is 18.2 Å². The summed E-state index contributed by atoms with van der Waals surface area (Å²) in [6.07, 6.45) is -3.08. The van der Waals surface area contributed by atoms with Gasteiger partial charge in [0.1, 0.15) is 23.8 Å². The molecule has 3 heterocycles. The number of anilines is 2. The molecule has 0 bridgehead atoms. The summed E-state index contributed by atoms with van der Waals surface area (Å²) in [7, 11) is 1.95. The number of nitrogen functional groups attached to an aromatic ring is 1. The Morgan fingerprint density at radius 3 is 2.66 bits per heavy atom. The summed E-state index contributed by atoms with van der Waals surface area (Å²) in [5, 5.41) is 2.58. The molecule has 0 saturated carbocycles. The molecule has 0 spiro atoms. The molecule has 1 aliphatic heterocycles. The summed E-state index contributed by atoms with van der Waals surface area (Å²) >= 11 is 0.760. The Hall–Kier alpha value is -3.36. The van der Waals surface area contributed by atoms with Crippen molar-refractivity contribution in [2.75, 3.05) is 44.3 Å². The second kappa shape index (κ2) is 10.1. The van der Waals surface area contributed by atoms with Gasteiger partial charge < -0.3 is 26.4 Å². The fraction of sp³-hybridized carbons (Fsp3) is 0.375. The minimum atomic E-state index is -4.97. The van der Waals surface area contributed by atoms with E-state index in [1.807, 2.05) is 7.05 Å². The largest absolute Gasteiger partial charge is 0.462 e. The number of thiazole rings is 1. The van der Waals surface area contributed by atoms with Crippen LogP contribution in [0.3, 0.4) is 0 Å². The highest BCUT2D eigenvalue weighted by atomic mass is 32.1. The highest BCUT2D eigenvalue weighted by molar-refractivity contribution is 7.22. The molecule has 5 rings (SSSR count). The Balaban J connectivity index is 1.73. The molecule has 4 aromatic rings. The summed E-state index contributed by atoms with van der Waals surface area (Å²) in [6.45, 7) is 1.45. The molecule has 1 aliphatic rings. The van der Waals surface area contributed by atoms with E-state index in [1.54, 1.807) is 0 Å². The Kier molecular flexibility index (Phi) is 6.96. The summed E-state index contributed by atoms with van der Waals surface area (Å²) < 4.78 is 79.3. The standard InChI is InChI=1S/C24H24F5N7OS/c1-36-8-2-3-11(36)10-37-23-34-18-13(21(35-23)32-7-6-30)9-14(24(27,28)29)16(17(18)26)12-4-5-15(25)20-19(12)33-22(31)38-20/h4-5,9,11H,2-3,6-8,10,30H2,1H3,(H2,31,33)(H,32,34,35)/t11-/m0/s1. The van der Waals surface area contributed by atoms with E-state index < -0.39 is 34.5 Å². The van der Waals surface area contributed by atoms with Gasteiger partial charge in [-0.15, -0.1) is 0 Å². The number of hydrogen-bond acceptors (Lipinski definition) is 9. The molecular weight excluding hydrogens is 529 g/mol. The van der Waals surface area contributed by atoms with Crippen LogP contribution in [0, 0.1) is 11.6 Å². The van der Waals surface area contributed by atoms with Crippen molar-refractivity contribution in [1.82, 2.24) is 19.9 Å². The van der Waals surface area contributed by atoms with Crippen LogP contribution < -0.4 is 21.5 Å². The molecule has 0 amide bonds. The monoisotopic (exact) mass is 553 g/mol. The van der Waals surface area contributed by atoms with Gasteiger partial charge in [-0.3, -0.25) is 0 Å². The molecule has 0 radical (unpaired) electrons. The van der Waals surface area contributed by atoms with Gasteiger partial charge in [-0.1, -0.05) is 11.3 Å². The quantitative estimate of drug-likeness (QED) is 0.284. The van der Waals surface area contributed by atoms with Crippen molar-refractivity contribution in [1.29, 1.82) is 0 Å². The number of hydrogen-bond donors (Lipinski definition) is 3. The van der Waals surface area contributed by atoms with Gasteiger partial charge in [0, 0.05) is 35.6 Å².